The zero-order chi connectivity index (χ0) is 21.7. The molecule has 0 saturated heterocycles. The van der Waals surface area contributed by atoms with Crippen molar-refractivity contribution in [3.63, 3.8) is 0 Å². The van der Waals surface area contributed by atoms with E-state index in [1.807, 2.05) is 48.5 Å². The summed E-state index contributed by atoms with van der Waals surface area (Å²) in [6.07, 6.45) is 1.15. The molecule has 1 N–H and O–H groups in total. The number of benzene rings is 2. The van der Waals surface area contributed by atoms with Crippen molar-refractivity contribution in [1.29, 1.82) is 0 Å². The van der Waals surface area contributed by atoms with Crippen LogP contribution in [0.1, 0.15) is 11.4 Å². The molecule has 3 rings (SSSR count). The van der Waals surface area contributed by atoms with Gasteiger partial charge < -0.3 is 19.5 Å². The van der Waals surface area contributed by atoms with Crippen LogP contribution in [0.2, 0.25) is 0 Å². The van der Waals surface area contributed by atoms with Crippen LogP contribution >= 0.6 is 0 Å². The summed E-state index contributed by atoms with van der Waals surface area (Å²) < 4.78 is 11.1. The van der Waals surface area contributed by atoms with Gasteiger partial charge in [-0.2, -0.15) is 4.98 Å². The molecule has 2 aromatic carbocycles. The number of nitrogens with zero attached hydrogens (tertiary/aromatic N) is 3. The Hall–Kier alpha value is -3.87. The van der Waals surface area contributed by atoms with Crippen molar-refractivity contribution in [3.8, 4) is 22.8 Å². The van der Waals surface area contributed by atoms with Crippen LogP contribution in [0, 0.1) is 6.92 Å². The van der Waals surface area contributed by atoms with Gasteiger partial charge >= 0.3 is 5.97 Å². The predicted molar refractivity (Wildman–Crippen MR) is 116 cm³/mol. The van der Waals surface area contributed by atoms with Crippen LogP contribution in [0.25, 0.3) is 16.7 Å². The summed E-state index contributed by atoms with van der Waals surface area (Å²) in [5.74, 6) is 0.376. The minimum Gasteiger partial charge on any atom is -0.503 e. The van der Waals surface area contributed by atoms with Gasteiger partial charge in [-0.15, -0.1) is 0 Å². The number of ether oxygens (including phenoxy) is 2. The number of rotatable bonds is 7. The highest BCUT2D eigenvalue weighted by molar-refractivity contribution is 6.17. The Morgan fingerprint density at radius 2 is 1.73 bits per heavy atom. The quantitative estimate of drug-likeness (QED) is 0.461. The molecule has 30 heavy (non-hydrogen) atoms. The minimum absolute atomic E-state index is 0.101. The van der Waals surface area contributed by atoms with Crippen molar-refractivity contribution in [2.45, 2.75) is 6.92 Å². The van der Waals surface area contributed by atoms with E-state index in [9.17, 15) is 9.90 Å². The Bertz CT molecular complexity index is 1080. The Balaban J connectivity index is 2.12. The van der Waals surface area contributed by atoms with Crippen molar-refractivity contribution < 1.29 is 19.4 Å². The van der Waals surface area contributed by atoms with Crippen molar-refractivity contribution in [2.24, 2.45) is 0 Å². The maximum atomic E-state index is 11.9. The van der Waals surface area contributed by atoms with Gasteiger partial charge in [-0.05, 0) is 30.2 Å². The number of carboxylic acids is 1. The molecule has 0 spiro atoms. The average molecular weight is 405 g/mol. The van der Waals surface area contributed by atoms with Crippen LogP contribution in [0.15, 0.2) is 60.9 Å². The highest BCUT2D eigenvalue weighted by Crippen LogP contribution is 2.36. The zero-order valence-corrected chi connectivity index (χ0v) is 17.3. The second kappa shape index (κ2) is 9.09. The summed E-state index contributed by atoms with van der Waals surface area (Å²) in [7, 11) is 4.94. The summed E-state index contributed by atoms with van der Waals surface area (Å²) in [6, 6.07) is 17.4. The van der Waals surface area contributed by atoms with Crippen LogP contribution < -0.4 is 9.64 Å². The molecule has 0 amide bonds. The van der Waals surface area contributed by atoms with E-state index in [0.29, 0.717) is 17.4 Å². The SMILES string of the molecule is COC=C(C(=O)O)c1c(Oc2cccc(-c3ccccc3)c2)nc(C)nc1N(C)C. The fourth-order valence-corrected chi connectivity index (χ4v) is 2.98. The third-order valence-corrected chi connectivity index (χ3v) is 4.28. The van der Waals surface area contributed by atoms with Gasteiger partial charge in [0.15, 0.2) is 0 Å². The monoisotopic (exact) mass is 405 g/mol. The molecule has 0 aliphatic carbocycles. The van der Waals surface area contributed by atoms with Gasteiger partial charge in [0.1, 0.15) is 23.0 Å². The van der Waals surface area contributed by atoms with Gasteiger partial charge in [0.25, 0.3) is 0 Å². The van der Waals surface area contributed by atoms with Crippen LogP contribution in [0.3, 0.4) is 0 Å². The number of carboxylic acid groups (broad SMARTS) is 1. The van der Waals surface area contributed by atoms with E-state index in [2.05, 4.69) is 9.97 Å². The number of methoxy groups -OCH3 is 1. The lowest BCUT2D eigenvalue weighted by Gasteiger charge is -2.20. The molecule has 0 aliphatic rings. The molecule has 0 unspecified atom stereocenters. The molecule has 7 nitrogen and oxygen atoms in total. The van der Waals surface area contributed by atoms with Crippen LogP contribution in [-0.2, 0) is 9.53 Å². The fraction of sp³-hybridized carbons (Fsp3) is 0.174. The first-order valence-corrected chi connectivity index (χ1v) is 9.26. The maximum absolute atomic E-state index is 11.9. The predicted octanol–water partition coefficient (Wildman–Crippen LogP) is 4.38. The molecular formula is C23H23N3O4. The standard InChI is InChI=1S/C23H23N3O4/c1-15-24-21(26(2)3)20(19(14-29-4)23(27)28)22(25-15)30-18-12-8-11-17(13-18)16-9-6-5-7-10-16/h5-14H,1-4H3,(H,27,28). The fourth-order valence-electron chi connectivity index (χ4n) is 2.98. The third-order valence-electron chi connectivity index (χ3n) is 4.28. The number of anilines is 1. The molecular weight excluding hydrogens is 382 g/mol. The first kappa shape index (κ1) is 20.9. The van der Waals surface area contributed by atoms with Gasteiger partial charge in [0.2, 0.25) is 5.88 Å². The van der Waals surface area contributed by atoms with Gasteiger partial charge in [-0.25, -0.2) is 9.78 Å². The Morgan fingerprint density at radius 1 is 1.03 bits per heavy atom. The number of hydrogen-bond donors (Lipinski definition) is 1. The van der Waals surface area contributed by atoms with E-state index in [-0.39, 0.29) is 17.0 Å². The molecule has 0 radical (unpaired) electrons. The van der Waals surface area contributed by atoms with E-state index in [1.165, 1.54) is 7.11 Å². The topological polar surface area (TPSA) is 84.8 Å². The van der Waals surface area contributed by atoms with Gasteiger partial charge in [-0.1, -0.05) is 42.5 Å². The largest absolute Gasteiger partial charge is 0.503 e. The van der Waals surface area contributed by atoms with E-state index in [4.69, 9.17) is 9.47 Å². The lowest BCUT2D eigenvalue weighted by molar-refractivity contribution is -0.130. The van der Waals surface area contributed by atoms with E-state index in [0.717, 1.165) is 17.4 Å². The highest BCUT2D eigenvalue weighted by Gasteiger charge is 2.25. The van der Waals surface area contributed by atoms with Gasteiger partial charge in [0.05, 0.1) is 18.9 Å². The number of carbonyl (C=O) groups is 1. The van der Waals surface area contributed by atoms with Gasteiger partial charge in [-0.3, -0.25) is 0 Å². The Morgan fingerprint density at radius 3 is 2.37 bits per heavy atom. The number of aryl methyl sites for hydroxylation is 1. The lowest BCUT2D eigenvalue weighted by atomic mass is 10.1. The third kappa shape index (κ3) is 4.57. The van der Waals surface area contributed by atoms with E-state index in [1.54, 1.807) is 32.0 Å². The normalized spacial score (nSPS) is 11.1. The second-order valence-electron chi connectivity index (χ2n) is 6.74. The molecule has 154 valence electrons. The highest BCUT2D eigenvalue weighted by atomic mass is 16.5. The number of hydrogen-bond acceptors (Lipinski definition) is 6. The van der Waals surface area contributed by atoms with Crippen LogP contribution in [0.4, 0.5) is 5.82 Å². The Labute approximate surface area is 175 Å². The molecule has 0 saturated carbocycles. The van der Waals surface area contributed by atoms with Crippen molar-refractivity contribution in [1.82, 2.24) is 9.97 Å². The van der Waals surface area contributed by atoms with E-state index < -0.39 is 5.97 Å². The average Bonchev–Trinajstić information content (AvgIpc) is 2.73. The minimum atomic E-state index is -1.17. The Kier molecular flexibility index (Phi) is 6.32. The smallest absolute Gasteiger partial charge is 0.339 e. The van der Waals surface area contributed by atoms with Crippen LogP contribution in [0.5, 0.6) is 11.6 Å². The molecule has 7 heteroatoms. The van der Waals surface area contributed by atoms with Gasteiger partial charge in [0, 0.05) is 14.1 Å². The molecule has 3 aromatic rings. The summed E-state index contributed by atoms with van der Waals surface area (Å²) >= 11 is 0. The molecule has 0 aliphatic heterocycles. The number of aromatic nitrogens is 2. The molecule has 0 bridgehead atoms. The molecule has 0 atom stereocenters. The second-order valence-corrected chi connectivity index (χ2v) is 6.74. The lowest BCUT2D eigenvalue weighted by Crippen LogP contribution is -2.17. The van der Waals surface area contributed by atoms with Crippen LogP contribution in [-0.4, -0.2) is 42.2 Å². The summed E-state index contributed by atoms with van der Waals surface area (Å²) in [5, 5.41) is 9.74. The maximum Gasteiger partial charge on any atom is 0.339 e. The molecule has 1 aromatic heterocycles. The van der Waals surface area contributed by atoms with Crippen molar-refractivity contribution >= 4 is 17.4 Å². The molecule has 0 fully saturated rings. The number of aliphatic carboxylic acids is 1. The van der Waals surface area contributed by atoms with Crippen molar-refractivity contribution in [3.05, 3.63) is 72.2 Å². The summed E-state index contributed by atoms with van der Waals surface area (Å²) in [5.41, 5.74) is 2.15. The summed E-state index contributed by atoms with van der Waals surface area (Å²) in [6.45, 7) is 1.73. The molecule has 1 heterocycles. The van der Waals surface area contributed by atoms with Crippen molar-refractivity contribution in [2.75, 3.05) is 26.1 Å². The first-order chi connectivity index (χ1) is 14.4. The van der Waals surface area contributed by atoms with E-state index >= 15 is 0 Å². The summed E-state index contributed by atoms with van der Waals surface area (Å²) in [4.78, 5) is 22.4. The zero-order valence-electron chi connectivity index (χ0n) is 17.3. The first-order valence-electron chi connectivity index (χ1n) is 9.26.